The Hall–Kier alpha value is -0.750. The molecule has 21 heavy (non-hydrogen) atoms. The molecule has 1 heterocycles. The third-order valence-corrected chi connectivity index (χ3v) is 3.56. The van der Waals surface area contributed by atoms with Gasteiger partial charge in [0.25, 0.3) is 0 Å². The number of halogens is 2. The zero-order valence-corrected chi connectivity index (χ0v) is 12.9. The smallest absolute Gasteiger partial charge is 0.376 e. The Labute approximate surface area is 125 Å². The minimum Gasteiger partial charge on any atom is -0.461 e. The van der Waals surface area contributed by atoms with Crippen LogP contribution in [-0.2, 0) is 14.3 Å². The molecule has 0 bridgehead atoms. The predicted octanol–water partition coefficient (Wildman–Crippen LogP) is 2.86. The van der Waals surface area contributed by atoms with Gasteiger partial charge in [0, 0.05) is 20.0 Å². The highest BCUT2D eigenvalue weighted by Crippen LogP contribution is 2.14. The van der Waals surface area contributed by atoms with Gasteiger partial charge in [-0.1, -0.05) is 25.7 Å². The lowest BCUT2D eigenvalue weighted by Gasteiger charge is -2.26. The molecule has 0 radical (unpaired) electrons. The molecule has 6 heteroatoms. The second kappa shape index (κ2) is 10.1. The zero-order valence-electron chi connectivity index (χ0n) is 12.9. The van der Waals surface area contributed by atoms with Crippen molar-refractivity contribution >= 4 is 5.97 Å². The molecule has 4 nitrogen and oxygen atoms in total. The minimum atomic E-state index is -3.38. The second-order valence-electron chi connectivity index (χ2n) is 5.60. The first-order chi connectivity index (χ1) is 10.00. The maximum atomic E-state index is 12.5. The largest absolute Gasteiger partial charge is 0.461 e. The molecule has 0 saturated carbocycles. The molecule has 0 N–H and O–H groups in total. The van der Waals surface area contributed by atoms with Crippen LogP contribution in [-0.4, -0.2) is 56.2 Å². The molecule has 1 fully saturated rings. The lowest BCUT2D eigenvalue weighted by atomic mass is 10.1. The number of unbranched alkanes of at least 4 members (excludes halogenated alkanes) is 5. The number of alkyl halides is 2. The molecule has 0 aromatic carbocycles. The van der Waals surface area contributed by atoms with Gasteiger partial charge in [-0.2, -0.15) is 8.78 Å². The fraction of sp³-hybridized carbons (Fsp3) is 0.933. The van der Waals surface area contributed by atoms with Crippen molar-refractivity contribution in [3.8, 4) is 0 Å². The number of esters is 1. The first-order valence-corrected chi connectivity index (χ1v) is 7.85. The van der Waals surface area contributed by atoms with Gasteiger partial charge in [0.1, 0.15) is 0 Å². The van der Waals surface area contributed by atoms with Crippen molar-refractivity contribution in [3.63, 3.8) is 0 Å². The third-order valence-electron chi connectivity index (χ3n) is 3.56. The number of carbonyl (C=O) groups excluding carboxylic acids is 1. The minimum absolute atomic E-state index is 0.0933. The Morgan fingerprint density at radius 1 is 1.10 bits per heavy atom. The molecule has 0 aliphatic carbocycles. The number of morpholine rings is 1. The van der Waals surface area contributed by atoms with Crippen LogP contribution in [0.1, 0.15) is 45.4 Å². The molecule has 0 spiro atoms. The molecule has 1 rings (SSSR count). The van der Waals surface area contributed by atoms with Gasteiger partial charge < -0.3 is 9.47 Å². The van der Waals surface area contributed by atoms with E-state index in [0.717, 1.165) is 52.1 Å². The quantitative estimate of drug-likeness (QED) is 0.459. The van der Waals surface area contributed by atoms with Crippen molar-refractivity contribution in [2.45, 2.75) is 51.4 Å². The van der Waals surface area contributed by atoms with Crippen molar-refractivity contribution in [1.29, 1.82) is 0 Å². The van der Waals surface area contributed by atoms with Crippen LogP contribution in [0, 0.1) is 0 Å². The topological polar surface area (TPSA) is 38.8 Å². The third kappa shape index (κ3) is 8.98. The average Bonchev–Trinajstić information content (AvgIpc) is 2.45. The van der Waals surface area contributed by atoms with Gasteiger partial charge in [-0.05, 0) is 19.4 Å². The summed E-state index contributed by atoms with van der Waals surface area (Å²) in [4.78, 5) is 13.2. The van der Waals surface area contributed by atoms with Gasteiger partial charge in [-0.25, -0.2) is 4.79 Å². The second-order valence-corrected chi connectivity index (χ2v) is 5.60. The Bertz CT molecular complexity index is 289. The first kappa shape index (κ1) is 18.3. The highest BCUT2D eigenvalue weighted by atomic mass is 19.3. The van der Waals surface area contributed by atoms with Crippen LogP contribution >= 0.6 is 0 Å². The van der Waals surface area contributed by atoms with Crippen molar-refractivity contribution in [3.05, 3.63) is 0 Å². The molecule has 0 atom stereocenters. The van der Waals surface area contributed by atoms with E-state index in [0.29, 0.717) is 13.3 Å². The molecule has 124 valence electrons. The molecule has 1 aliphatic heterocycles. The number of nitrogens with zero attached hydrogens (tertiary/aromatic N) is 1. The van der Waals surface area contributed by atoms with Crippen molar-refractivity contribution < 1.29 is 23.0 Å². The molecule has 0 aromatic heterocycles. The van der Waals surface area contributed by atoms with Gasteiger partial charge >= 0.3 is 11.9 Å². The van der Waals surface area contributed by atoms with Gasteiger partial charge in [-0.3, -0.25) is 4.90 Å². The van der Waals surface area contributed by atoms with Crippen LogP contribution < -0.4 is 0 Å². The molecule has 0 aromatic rings. The standard InChI is InChI=1S/C15H27F2NO3/c1-15(16,17)14(19)21-11-7-5-3-2-4-6-8-18-9-12-20-13-10-18/h2-13H2,1H3. The van der Waals surface area contributed by atoms with Crippen LogP contribution in [0.5, 0.6) is 0 Å². The average molecular weight is 307 g/mol. The van der Waals surface area contributed by atoms with E-state index in [4.69, 9.17) is 4.74 Å². The zero-order chi connectivity index (χ0) is 15.6. The summed E-state index contributed by atoms with van der Waals surface area (Å²) in [5.74, 6) is -4.80. The normalized spacial score (nSPS) is 16.9. The molecular weight excluding hydrogens is 280 g/mol. The number of hydrogen-bond acceptors (Lipinski definition) is 4. The van der Waals surface area contributed by atoms with Gasteiger partial charge in [-0.15, -0.1) is 0 Å². The van der Waals surface area contributed by atoms with Gasteiger partial charge in [0.2, 0.25) is 0 Å². The van der Waals surface area contributed by atoms with E-state index in [1.165, 1.54) is 12.8 Å². The van der Waals surface area contributed by atoms with E-state index in [1.54, 1.807) is 0 Å². The van der Waals surface area contributed by atoms with Crippen LogP contribution in [0.2, 0.25) is 0 Å². The molecule has 1 aliphatic rings. The predicted molar refractivity (Wildman–Crippen MR) is 76.5 cm³/mol. The lowest BCUT2D eigenvalue weighted by molar-refractivity contribution is -0.169. The summed E-state index contributed by atoms with van der Waals surface area (Å²) in [6, 6.07) is 0. The Morgan fingerprint density at radius 3 is 2.29 bits per heavy atom. The van der Waals surface area contributed by atoms with Crippen molar-refractivity contribution in [1.82, 2.24) is 4.90 Å². The number of hydrogen-bond donors (Lipinski definition) is 0. The molecule has 1 saturated heterocycles. The summed E-state index contributed by atoms with van der Waals surface area (Å²) in [6.07, 6.45) is 6.15. The van der Waals surface area contributed by atoms with Crippen molar-refractivity contribution in [2.75, 3.05) is 39.5 Å². The maximum absolute atomic E-state index is 12.5. The van der Waals surface area contributed by atoms with Gasteiger partial charge in [0.15, 0.2) is 0 Å². The Balaban J connectivity index is 1.83. The fourth-order valence-corrected chi connectivity index (χ4v) is 2.26. The van der Waals surface area contributed by atoms with E-state index in [-0.39, 0.29) is 6.61 Å². The van der Waals surface area contributed by atoms with Crippen LogP contribution in [0.4, 0.5) is 8.78 Å². The van der Waals surface area contributed by atoms with E-state index in [2.05, 4.69) is 9.64 Å². The van der Waals surface area contributed by atoms with Crippen LogP contribution in [0.15, 0.2) is 0 Å². The molecular formula is C15H27F2NO3. The Morgan fingerprint density at radius 2 is 1.67 bits per heavy atom. The summed E-state index contributed by atoms with van der Waals surface area (Å²) in [5, 5.41) is 0. The lowest BCUT2D eigenvalue weighted by Crippen LogP contribution is -2.36. The summed E-state index contributed by atoms with van der Waals surface area (Å²) < 4.78 is 34.8. The SMILES string of the molecule is CC(F)(F)C(=O)OCCCCCCCCN1CCOCC1. The monoisotopic (exact) mass is 307 g/mol. The van der Waals surface area contributed by atoms with E-state index in [1.807, 2.05) is 0 Å². The number of carbonyl (C=O) groups is 1. The number of ether oxygens (including phenoxy) is 2. The maximum Gasteiger partial charge on any atom is 0.376 e. The number of rotatable bonds is 10. The van der Waals surface area contributed by atoms with Crippen LogP contribution in [0.3, 0.4) is 0 Å². The van der Waals surface area contributed by atoms with Gasteiger partial charge in [0.05, 0.1) is 19.8 Å². The first-order valence-electron chi connectivity index (χ1n) is 7.85. The van der Waals surface area contributed by atoms with Crippen molar-refractivity contribution in [2.24, 2.45) is 0 Å². The van der Waals surface area contributed by atoms with E-state index < -0.39 is 11.9 Å². The fourth-order valence-electron chi connectivity index (χ4n) is 2.26. The highest BCUT2D eigenvalue weighted by molar-refractivity contribution is 5.76. The summed E-state index contributed by atoms with van der Waals surface area (Å²) >= 11 is 0. The summed E-state index contributed by atoms with van der Waals surface area (Å²) in [5.41, 5.74) is 0. The molecule has 0 amide bonds. The summed E-state index contributed by atoms with van der Waals surface area (Å²) in [6.45, 7) is 5.54. The Kier molecular flexibility index (Phi) is 8.76. The van der Waals surface area contributed by atoms with E-state index in [9.17, 15) is 13.6 Å². The highest BCUT2D eigenvalue weighted by Gasteiger charge is 2.33. The molecule has 0 unspecified atom stereocenters. The summed E-state index contributed by atoms with van der Waals surface area (Å²) in [7, 11) is 0. The van der Waals surface area contributed by atoms with E-state index >= 15 is 0 Å². The van der Waals surface area contributed by atoms with Crippen LogP contribution in [0.25, 0.3) is 0 Å².